The highest BCUT2D eigenvalue weighted by atomic mass is 16.2. The Morgan fingerprint density at radius 2 is 2.05 bits per heavy atom. The highest BCUT2D eigenvalue weighted by molar-refractivity contribution is 5.74. The molecule has 0 N–H and O–H groups in total. The molecule has 2 heterocycles. The second kappa shape index (κ2) is 6.80. The zero-order chi connectivity index (χ0) is 16.3. The summed E-state index contributed by atoms with van der Waals surface area (Å²) in [6, 6.07) is 0.0872. The van der Waals surface area contributed by atoms with E-state index in [1.54, 1.807) is 6.92 Å². The third-order valence-electron chi connectivity index (χ3n) is 4.27. The van der Waals surface area contributed by atoms with Gasteiger partial charge in [0.1, 0.15) is 0 Å². The molecule has 124 valence electrons. The van der Waals surface area contributed by atoms with Crippen LogP contribution in [0.25, 0.3) is 0 Å². The van der Waals surface area contributed by atoms with Crippen molar-refractivity contribution in [2.75, 3.05) is 6.54 Å². The summed E-state index contributed by atoms with van der Waals surface area (Å²) in [6.07, 6.45) is 6.51. The van der Waals surface area contributed by atoms with E-state index in [0.717, 1.165) is 43.9 Å². The monoisotopic (exact) mass is 306 g/mol. The van der Waals surface area contributed by atoms with E-state index in [0.29, 0.717) is 0 Å². The van der Waals surface area contributed by atoms with Crippen molar-refractivity contribution < 1.29 is 4.79 Å². The molecule has 5 nitrogen and oxygen atoms in total. The van der Waals surface area contributed by atoms with Crippen LogP contribution in [-0.4, -0.2) is 32.1 Å². The third kappa shape index (κ3) is 3.68. The van der Waals surface area contributed by atoms with Gasteiger partial charge < -0.3 is 4.90 Å². The standard InChI is InChI=1S/C17H30N4O/c1-6-7-8-11-15-18-16(21(19-15)17(3,4)5)14-10-9-12-20(14)13(2)22/h14H,6-12H2,1-5H3. The van der Waals surface area contributed by atoms with Crippen LogP contribution in [0.4, 0.5) is 0 Å². The van der Waals surface area contributed by atoms with Crippen LogP contribution in [0.3, 0.4) is 0 Å². The molecule has 1 aromatic rings. The lowest BCUT2D eigenvalue weighted by atomic mass is 10.1. The normalized spacial score (nSPS) is 19.0. The molecule has 0 saturated carbocycles. The number of amides is 1. The van der Waals surface area contributed by atoms with Gasteiger partial charge in [-0.15, -0.1) is 0 Å². The number of aryl methyl sites for hydroxylation is 1. The third-order valence-corrected chi connectivity index (χ3v) is 4.27. The van der Waals surface area contributed by atoms with Gasteiger partial charge >= 0.3 is 0 Å². The fraction of sp³-hybridized carbons (Fsp3) is 0.824. The molecule has 22 heavy (non-hydrogen) atoms. The van der Waals surface area contributed by atoms with Crippen molar-refractivity contribution in [2.24, 2.45) is 0 Å². The molecule has 1 fully saturated rings. The van der Waals surface area contributed by atoms with Gasteiger partial charge in [-0.1, -0.05) is 19.8 Å². The van der Waals surface area contributed by atoms with Gasteiger partial charge in [0.15, 0.2) is 11.6 Å². The first-order valence-corrected chi connectivity index (χ1v) is 8.58. The van der Waals surface area contributed by atoms with Gasteiger partial charge in [0.2, 0.25) is 5.91 Å². The van der Waals surface area contributed by atoms with E-state index in [4.69, 9.17) is 10.1 Å². The van der Waals surface area contributed by atoms with E-state index in [1.807, 2.05) is 9.58 Å². The summed E-state index contributed by atoms with van der Waals surface area (Å²) in [5.41, 5.74) is -0.115. The van der Waals surface area contributed by atoms with Crippen molar-refractivity contribution in [3.63, 3.8) is 0 Å². The van der Waals surface area contributed by atoms with Gasteiger partial charge in [0.05, 0.1) is 11.6 Å². The number of hydrogen-bond donors (Lipinski definition) is 0. The molecule has 1 aliphatic heterocycles. The van der Waals surface area contributed by atoms with Crippen molar-refractivity contribution in [1.82, 2.24) is 19.7 Å². The van der Waals surface area contributed by atoms with Crippen LogP contribution in [0, 0.1) is 0 Å². The summed E-state index contributed by atoms with van der Waals surface area (Å²) < 4.78 is 2.04. The zero-order valence-electron chi connectivity index (χ0n) is 14.7. The lowest BCUT2D eigenvalue weighted by Crippen LogP contribution is -2.33. The van der Waals surface area contributed by atoms with Crippen molar-refractivity contribution in [3.05, 3.63) is 11.6 Å². The summed E-state index contributed by atoms with van der Waals surface area (Å²) in [6.45, 7) is 11.1. The Balaban J connectivity index is 2.30. The number of carbonyl (C=O) groups is 1. The first-order valence-electron chi connectivity index (χ1n) is 8.58. The maximum Gasteiger partial charge on any atom is 0.220 e. The van der Waals surface area contributed by atoms with Crippen LogP contribution < -0.4 is 0 Å². The first kappa shape index (κ1) is 17.0. The Morgan fingerprint density at radius 1 is 1.32 bits per heavy atom. The minimum Gasteiger partial charge on any atom is -0.333 e. The van der Waals surface area contributed by atoms with Gasteiger partial charge in [-0.2, -0.15) is 5.10 Å². The number of rotatable bonds is 5. The van der Waals surface area contributed by atoms with Gasteiger partial charge in [-0.05, 0) is 40.0 Å². The van der Waals surface area contributed by atoms with E-state index in [9.17, 15) is 4.79 Å². The van der Waals surface area contributed by atoms with Crippen LogP contribution in [0.2, 0.25) is 0 Å². The average molecular weight is 306 g/mol. The van der Waals surface area contributed by atoms with E-state index < -0.39 is 0 Å². The number of likely N-dealkylation sites (tertiary alicyclic amines) is 1. The highest BCUT2D eigenvalue weighted by Gasteiger charge is 2.34. The summed E-state index contributed by atoms with van der Waals surface area (Å²) in [7, 11) is 0. The number of aromatic nitrogens is 3. The smallest absolute Gasteiger partial charge is 0.220 e. The fourth-order valence-corrected chi connectivity index (χ4v) is 3.13. The molecular weight excluding hydrogens is 276 g/mol. The Morgan fingerprint density at radius 3 is 2.64 bits per heavy atom. The van der Waals surface area contributed by atoms with Crippen LogP contribution in [0.1, 0.15) is 84.4 Å². The van der Waals surface area contributed by atoms with Gasteiger partial charge in [-0.3, -0.25) is 4.79 Å². The summed E-state index contributed by atoms with van der Waals surface area (Å²) in [4.78, 5) is 18.6. The van der Waals surface area contributed by atoms with Crippen LogP contribution in [0.5, 0.6) is 0 Å². The number of unbranched alkanes of at least 4 members (excludes halogenated alkanes) is 2. The predicted molar refractivity (Wildman–Crippen MR) is 87.6 cm³/mol. The van der Waals surface area contributed by atoms with Crippen LogP contribution in [0.15, 0.2) is 0 Å². The minimum atomic E-state index is -0.115. The number of hydrogen-bond acceptors (Lipinski definition) is 3. The Hall–Kier alpha value is -1.39. The molecule has 1 aliphatic rings. The molecule has 0 aliphatic carbocycles. The average Bonchev–Trinajstić information content (AvgIpc) is 3.03. The van der Waals surface area contributed by atoms with Crippen molar-refractivity contribution >= 4 is 5.91 Å². The van der Waals surface area contributed by atoms with Crippen LogP contribution in [-0.2, 0) is 16.8 Å². The Labute approximate surface area is 134 Å². The Bertz CT molecular complexity index is 515. The fourth-order valence-electron chi connectivity index (χ4n) is 3.13. The molecule has 0 radical (unpaired) electrons. The molecule has 0 aromatic carbocycles. The highest BCUT2D eigenvalue weighted by Crippen LogP contribution is 2.33. The maximum atomic E-state index is 11.9. The predicted octanol–water partition coefficient (Wildman–Crippen LogP) is 3.45. The molecule has 0 bridgehead atoms. The number of nitrogens with zero attached hydrogens (tertiary/aromatic N) is 4. The topological polar surface area (TPSA) is 51.0 Å². The van der Waals surface area contributed by atoms with E-state index in [-0.39, 0.29) is 17.5 Å². The van der Waals surface area contributed by atoms with E-state index in [2.05, 4.69) is 27.7 Å². The summed E-state index contributed by atoms with van der Waals surface area (Å²) >= 11 is 0. The van der Waals surface area contributed by atoms with E-state index in [1.165, 1.54) is 12.8 Å². The van der Waals surface area contributed by atoms with E-state index >= 15 is 0 Å². The van der Waals surface area contributed by atoms with Gasteiger partial charge in [0, 0.05) is 19.9 Å². The molecule has 0 spiro atoms. The van der Waals surface area contributed by atoms with Crippen molar-refractivity contribution in [3.8, 4) is 0 Å². The molecule has 1 unspecified atom stereocenters. The van der Waals surface area contributed by atoms with Crippen LogP contribution >= 0.6 is 0 Å². The molecule has 2 rings (SSSR count). The lowest BCUT2D eigenvalue weighted by molar-refractivity contribution is -0.129. The minimum absolute atomic E-state index is 0.0872. The first-order chi connectivity index (χ1) is 10.3. The molecule has 1 atom stereocenters. The zero-order valence-corrected chi connectivity index (χ0v) is 14.7. The summed E-state index contributed by atoms with van der Waals surface area (Å²) in [5, 5.41) is 4.76. The molecular formula is C17H30N4O. The lowest BCUT2D eigenvalue weighted by Gasteiger charge is -2.27. The second-order valence-electron chi connectivity index (χ2n) is 7.30. The SMILES string of the molecule is CCCCCc1nc(C2CCCN2C(C)=O)n(C(C)(C)C)n1. The molecule has 1 saturated heterocycles. The largest absolute Gasteiger partial charge is 0.333 e. The van der Waals surface area contributed by atoms with Crippen molar-refractivity contribution in [1.29, 1.82) is 0 Å². The molecule has 5 heteroatoms. The maximum absolute atomic E-state index is 11.9. The molecule has 1 amide bonds. The quantitative estimate of drug-likeness (QED) is 0.783. The van der Waals surface area contributed by atoms with Crippen molar-refractivity contribution in [2.45, 2.75) is 84.7 Å². The number of carbonyl (C=O) groups excluding carboxylic acids is 1. The van der Waals surface area contributed by atoms with Gasteiger partial charge in [0.25, 0.3) is 0 Å². The Kier molecular flexibility index (Phi) is 5.24. The van der Waals surface area contributed by atoms with Gasteiger partial charge in [-0.25, -0.2) is 9.67 Å². The second-order valence-corrected chi connectivity index (χ2v) is 7.30. The molecule has 1 aromatic heterocycles. The summed E-state index contributed by atoms with van der Waals surface area (Å²) in [5.74, 6) is 2.03.